The fourth-order valence-corrected chi connectivity index (χ4v) is 3.06. The molecule has 0 aromatic carbocycles. The van der Waals surface area contributed by atoms with Crippen LogP contribution >= 0.6 is 0 Å². The third-order valence-corrected chi connectivity index (χ3v) is 4.40. The van der Waals surface area contributed by atoms with E-state index >= 15 is 0 Å². The van der Waals surface area contributed by atoms with Crippen LogP contribution < -0.4 is 0 Å². The van der Waals surface area contributed by atoms with Crippen LogP contribution in [0.25, 0.3) is 0 Å². The molecule has 1 aliphatic carbocycles. The highest BCUT2D eigenvalue weighted by Crippen LogP contribution is 2.35. The Morgan fingerprint density at radius 2 is 1.74 bits per heavy atom. The number of aliphatic hydroxyl groups excluding tert-OH is 1. The zero-order valence-corrected chi connectivity index (χ0v) is 13.1. The third kappa shape index (κ3) is 6.90. The van der Waals surface area contributed by atoms with Gasteiger partial charge in [-0.1, -0.05) is 0 Å². The second-order valence-electron chi connectivity index (χ2n) is 6.14. The second-order valence-corrected chi connectivity index (χ2v) is 6.14. The minimum Gasteiger partial charge on any atom is -0.481 e. The van der Waals surface area contributed by atoms with Gasteiger partial charge < -0.3 is 15.3 Å². The number of hydrogen-bond acceptors (Lipinski definition) is 5. The molecule has 3 atom stereocenters. The number of rotatable bonds is 11. The summed E-state index contributed by atoms with van der Waals surface area (Å²) >= 11 is 0. The van der Waals surface area contributed by atoms with Gasteiger partial charge in [0.05, 0.1) is 0 Å². The smallest absolute Gasteiger partial charge is 0.332 e. The van der Waals surface area contributed by atoms with Crippen molar-refractivity contribution in [1.29, 1.82) is 0 Å². The average Bonchev–Trinajstić information content (AvgIpc) is 2.82. The number of Topliss-reactive ketones (excluding diaryl/α,β-unsaturated/α-hetero) is 2. The Bertz CT molecular complexity index is 457. The molecule has 0 radical (unpaired) electrons. The highest BCUT2D eigenvalue weighted by atomic mass is 16.4. The maximum absolute atomic E-state index is 11.8. The summed E-state index contributed by atoms with van der Waals surface area (Å²) < 4.78 is 0. The van der Waals surface area contributed by atoms with E-state index in [0.717, 1.165) is 0 Å². The first-order chi connectivity index (χ1) is 10.8. The predicted molar refractivity (Wildman–Crippen MR) is 79.8 cm³/mol. The Balaban J connectivity index is 2.34. The minimum atomic E-state index is -1.55. The van der Waals surface area contributed by atoms with E-state index in [1.807, 2.05) is 0 Å². The number of unbranched alkanes of at least 4 members (excludes halogenated alkanes) is 1. The summed E-state index contributed by atoms with van der Waals surface area (Å²) in [5.41, 5.74) is 0. The van der Waals surface area contributed by atoms with Crippen LogP contribution in [0.3, 0.4) is 0 Å². The van der Waals surface area contributed by atoms with Gasteiger partial charge in [0.1, 0.15) is 11.6 Å². The molecule has 1 unspecified atom stereocenters. The molecular weight excluding hydrogens is 304 g/mol. The summed E-state index contributed by atoms with van der Waals surface area (Å²) in [4.78, 5) is 44.7. The first-order valence-electron chi connectivity index (χ1n) is 7.98. The molecule has 0 saturated heterocycles. The first kappa shape index (κ1) is 19.3. The Morgan fingerprint density at radius 1 is 1.09 bits per heavy atom. The lowest BCUT2D eigenvalue weighted by Crippen LogP contribution is -2.27. The van der Waals surface area contributed by atoms with E-state index in [-0.39, 0.29) is 30.3 Å². The molecule has 7 nitrogen and oxygen atoms in total. The first-order valence-corrected chi connectivity index (χ1v) is 7.98. The SMILES string of the molecule is O=C(O)CCCCC(=O)CC[C@H]1CCC(=O)[C@@H]1CC(O)C(=O)O. The molecule has 1 saturated carbocycles. The van der Waals surface area contributed by atoms with Crippen molar-refractivity contribution < 1.29 is 34.5 Å². The molecule has 0 aromatic rings. The molecule has 3 N–H and O–H groups in total. The maximum atomic E-state index is 11.8. The summed E-state index contributed by atoms with van der Waals surface area (Å²) in [5.74, 6) is -2.75. The van der Waals surface area contributed by atoms with Crippen molar-refractivity contribution in [2.45, 2.75) is 63.9 Å². The second kappa shape index (κ2) is 9.39. The van der Waals surface area contributed by atoms with Gasteiger partial charge in [-0.05, 0) is 38.0 Å². The number of carbonyl (C=O) groups is 4. The minimum absolute atomic E-state index is 0.0345. The lowest BCUT2D eigenvalue weighted by molar-refractivity contribution is -0.148. The lowest BCUT2D eigenvalue weighted by atomic mass is 9.86. The van der Waals surface area contributed by atoms with Gasteiger partial charge in [0.2, 0.25) is 0 Å². The van der Waals surface area contributed by atoms with Crippen LogP contribution in [0.4, 0.5) is 0 Å². The number of carboxylic acid groups (broad SMARTS) is 2. The van der Waals surface area contributed by atoms with Crippen LogP contribution in [0.5, 0.6) is 0 Å². The highest BCUT2D eigenvalue weighted by Gasteiger charge is 2.37. The summed E-state index contributed by atoms with van der Waals surface area (Å²) in [6.45, 7) is 0. The number of ketones is 2. The van der Waals surface area contributed by atoms with Gasteiger partial charge in [-0.25, -0.2) is 4.79 Å². The number of carbonyl (C=O) groups excluding carboxylic acids is 2. The van der Waals surface area contributed by atoms with Crippen LogP contribution in [-0.2, 0) is 19.2 Å². The number of aliphatic hydroxyl groups is 1. The zero-order chi connectivity index (χ0) is 17.4. The highest BCUT2D eigenvalue weighted by molar-refractivity contribution is 5.84. The molecule has 0 bridgehead atoms. The average molecular weight is 328 g/mol. The van der Waals surface area contributed by atoms with Gasteiger partial charge in [-0.15, -0.1) is 0 Å². The standard InChI is InChI=1S/C16H24O7/c17-11(3-1-2-4-15(20)21)7-5-10-6-8-13(18)12(10)9-14(19)16(22)23/h10,12,14,19H,1-9H2,(H,20,21)(H,22,23)/t10-,12+,14?/m0/s1. The van der Waals surface area contributed by atoms with Gasteiger partial charge in [-0.2, -0.15) is 0 Å². The molecular formula is C16H24O7. The molecule has 1 fully saturated rings. The Hall–Kier alpha value is -1.76. The molecule has 0 heterocycles. The number of hydrogen-bond donors (Lipinski definition) is 3. The summed E-state index contributed by atoms with van der Waals surface area (Å²) in [6.07, 6.45) is 1.58. The quantitative estimate of drug-likeness (QED) is 0.489. The maximum Gasteiger partial charge on any atom is 0.332 e. The van der Waals surface area contributed by atoms with Crippen LogP contribution in [0.2, 0.25) is 0 Å². The Morgan fingerprint density at radius 3 is 2.35 bits per heavy atom. The molecule has 23 heavy (non-hydrogen) atoms. The predicted octanol–water partition coefficient (Wildman–Crippen LogP) is 1.41. The van der Waals surface area contributed by atoms with Gasteiger partial charge in [0, 0.05) is 31.6 Å². The molecule has 0 aliphatic heterocycles. The molecule has 0 aromatic heterocycles. The van der Waals surface area contributed by atoms with Crippen molar-refractivity contribution in [3.8, 4) is 0 Å². The normalized spacial score (nSPS) is 22.0. The van der Waals surface area contributed by atoms with Gasteiger partial charge >= 0.3 is 11.9 Å². The summed E-state index contributed by atoms with van der Waals surface area (Å²) in [5, 5.41) is 26.7. The number of aliphatic carboxylic acids is 2. The molecule has 130 valence electrons. The van der Waals surface area contributed by atoms with E-state index in [1.54, 1.807) is 0 Å². The van der Waals surface area contributed by atoms with E-state index in [2.05, 4.69) is 0 Å². The Labute approximate surface area is 134 Å². The fourth-order valence-electron chi connectivity index (χ4n) is 3.06. The van der Waals surface area contributed by atoms with Crippen LogP contribution in [0.1, 0.15) is 57.8 Å². The Kier molecular flexibility index (Phi) is 7.88. The summed E-state index contributed by atoms with van der Waals surface area (Å²) in [6, 6.07) is 0. The van der Waals surface area contributed by atoms with Crippen molar-refractivity contribution in [3.63, 3.8) is 0 Å². The largest absolute Gasteiger partial charge is 0.481 e. The van der Waals surface area contributed by atoms with Gasteiger partial charge in [-0.3, -0.25) is 14.4 Å². The van der Waals surface area contributed by atoms with Crippen molar-refractivity contribution in [2.75, 3.05) is 0 Å². The van der Waals surface area contributed by atoms with E-state index in [0.29, 0.717) is 44.9 Å². The van der Waals surface area contributed by atoms with Crippen molar-refractivity contribution in [3.05, 3.63) is 0 Å². The van der Waals surface area contributed by atoms with Crippen molar-refractivity contribution >= 4 is 23.5 Å². The fraction of sp³-hybridized carbons (Fsp3) is 0.750. The van der Waals surface area contributed by atoms with Crippen LogP contribution in [-0.4, -0.2) is 44.9 Å². The van der Waals surface area contributed by atoms with E-state index in [1.165, 1.54) is 0 Å². The van der Waals surface area contributed by atoms with E-state index in [4.69, 9.17) is 10.2 Å². The number of carboxylic acids is 2. The van der Waals surface area contributed by atoms with Crippen molar-refractivity contribution in [1.82, 2.24) is 0 Å². The zero-order valence-electron chi connectivity index (χ0n) is 13.1. The van der Waals surface area contributed by atoms with Crippen LogP contribution in [0, 0.1) is 11.8 Å². The van der Waals surface area contributed by atoms with Gasteiger partial charge in [0.15, 0.2) is 6.10 Å². The molecule has 7 heteroatoms. The third-order valence-electron chi connectivity index (χ3n) is 4.40. The molecule has 0 amide bonds. The molecule has 1 aliphatic rings. The topological polar surface area (TPSA) is 129 Å². The van der Waals surface area contributed by atoms with Crippen molar-refractivity contribution in [2.24, 2.45) is 11.8 Å². The van der Waals surface area contributed by atoms with E-state index in [9.17, 15) is 24.3 Å². The molecule has 1 rings (SSSR count). The van der Waals surface area contributed by atoms with Gasteiger partial charge in [0.25, 0.3) is 0 Å². The lowest BCUT2D eigenvalue weighted by Gasteiger charge is -2.19. The van der Waals surface area contributed by atoms with E-state index < -0.39 is 24.0 Å². The monoisotopic (exact) mass is 328 g/mol. The molecule has 0 spiro atoms. The van der Waals surface area contributed by atoms with Crippen LogP contribution in [0.15, 0.2) is 0 Å². The summed E-state index contributed by atoms with van der Waals surface area (Å²) in [7, 11) is 0.